The van der Waals surface area contributed by atoms with Crippen molar-refractivity contribution in [1.29, 1.82) is 0 Å². The second-order valence-corrected chi connectivity index (χ2v) is 15.6. The Morgan fingerprint density at radius 2 is 0.695 bits per heavy atom. The van der Waals surface area contributed by atoms with Gasteiger partial charge in [0.05, 0.1) is 0 Å². The first-order chi connectivity index (χ1) is 29.0. The van der Waals surface area contributed by atoms with Crippen molar-refractivity contribution in [1.82, 2.24) is 0 Å². The topological polar surface area (TPSA) is 78.9 Å². The van der Waals surface area contributed by atoms with Crippen LogP contribution in [0.15, 0.2) is 85.1 Å². The van der Waals surface area contributed by atoms with Gasteiger partial charge in [-0.3, -0.25) is 14.4 Å². The number of carbonyl (C=O) groups excluding carboxylic acids is 3. The largest absolute Gasteiger partial charge is 0.462 e. The van der Waals surface area contributed by atoms with Gasteiger partial charge in [-0.25, -0.2) is 0 Å². The third kappa shape index (κ3) is 45.5. The van der Waals surface area contributed by atoms with Crippen molar-refractivity contribution in [3.05, 3.63) is 85.1 Å². The number of unbranched alkanes of at least 4 members (excludes halogenated alkanes) is 17. The van der Waals surface area contributed by atoms with Gasteiger partial charge in [0.2, 0.25) is 0 Å². The van der Waals surface area contributed by atoms with E-state index in [1.807, 2.05) is 0 Å². The molecule has 0 aliphatic carbocycles. The van der Waals surface area contributed by atoms with Crippen molar-refractivity contribution in [3.8, 4) is 0 Å². The van der Waals surface area contributed by atoms with Crippen LogP contribution in [0.4, 0.5) is 0 Å². The molecule has 0 radical (unpaired) electrons. The molecule has 0 amide bonds. The SMILES string of the molecule is CC/C=C\C/C=C\CCCCCCCCCC(=O)OC(COC(=O)CCC/C=C\C/C=C\C/C=C\C/C=C\CCCCC)COC(=O)CCCCCC/C=C\CCCC. The first-order valence-electron chi connectivity index (χ1n) is 24.1. The van der Waals surface area contributed by atoms with E-state index in [0.717, 1.165) is 103 Å². The van der Waals surface area contributed by atoms with Gasteiger partial charge in [0, 0.05) is 19.3 Å². The number of allylic oxidation sites excluding steroid dienone is 14. The Labute approximate surface area is 363 Å². The summed E-state index contributed by atoms with van der Waals surface area (Å²) >= 11 is 0. The summed E-state index contributed by atoms with van der Waals surface area (Å²) in [7, 11) is 0. The van der Waals surface area contributed by atoms with Gasteiger partial charge in [-0.15, -0.1) is 0 Å². The van der Waals surface area contributed by atoms with E-state index in [4.69, 9.17) is 14.2 Å². The van der Waals surface area contributed by atoms with Crippen molar-refractivity contribution in [2.45, 2.75) is 219 Å². The zero-order valence-corrected chi connectivity index (χ0v) is 38.2. The van der Waals surface area contributed by atoms with Crippen LogP contribution in [0.5, 0.6) is 0 Å². The molecule has 0 aliphatic rings. The van der Waals surface area contributed by atoms with E-state index in [1.54, 1.807) is 0 Å². The van der Waals surface area contributed by atoms with Gasteiger partial charge in [0.25, 0.3) is 0 Å². The Kier molecular flexibility index (Phi) is 44.5. The van der Waals surface area contributed by atoms with Crippen LogP contribution in [0.2, 0.25) is 0 Å². The van der Waals surface area contributed by atoms with Gasteiger partial charge < -0.3 is 14.2 Å². The van der Waals surface area contributed by atoms with E-state index in [0.29, 0.717) is 19.3 Å². The minimum atomic E-state index is -0.805. The third-order valence-corrected chi connectivity index (χ3v) is 9.85. The molecule has 0 fully saturated rings. The lowest BCUT2D eigenvalue weighted by atomic mass is 10.1. The molecule has 0 saturated carbocycles. The van der Waals surface area contributed by atoms with Crippen LogP contribution >= 0.6 is 0 Å². The van der Waals surface area contributed by atoms with Gasteiger partial charge >= 0.3 is 17.9 Å². The second-order valence-electron chi connectivity index (χ2n) is 15.6. The monoisotopic (exact) mass is 821 g/mol. The molecule has 0 saturated heterocycles. The van der Waals surface area contributed by atoms with Crippen LogP contribution in [0.1, 0.15) is 213 Å². The van der Waals surface area contributed by atoms with E-state index in [1.165, 1.54) is 64.2 Å². The molecule has 0 heterocycles. The summed E-state index contributed by atoms with van der Waals surface area (Å²) in [5.74, 6) is -0.989. The molecule has 0 aromatic carbocycles. The fourth-order valence-corrected chi connectivity index (χ4v) is 6.22. The molecular weight excluding hydrogens is 733 g/mol. The molecule has 0 rings (SSSR count). The van der Waals surface area contributed by atoms with Gasteiger partial charge in [0.1, 0.15) is 13.2 Å². The van der Waals surface area contributed by atoms with E-state index < -0.39 is 6.10 Å². The van der Waals surface area contributed by atoms with Crippen LogP contribution in [-0.4, -0.2) is 37.2 Å². The summed E-state index contributed by atoms with van der Waals surface area (Å²) in [6.45, 7) is 6.38. The highest BCUT2D eigenvalue weighted by atomic mass is 16.6. The maximum atomic E-state index is 12.7. The molecular formula is C53H88O6. The van der Waals surface area contributed by atoms with Gasteiger partial charge in [-0.2, -0.15) is 0 Å². The standard InChI is InChI=1S/C53H88O6/c1-4-7-10-13-16-19-22-24-26-27-28-30-31-34-37-40-43-46-52(55)58-49-50(48-57-51(54)45-42-39-36-33-21-18-15-12-9-6-3)59-53(56)47-44-41-38-35-32-29-25-23-20-17-14-11-8-5-2/h8,11,15-20,24,26,28,30,34,37,50H,4-7,9-10,12-14,21-23,25,27,29,31-33,35-36,38-49H2,1-3H3/b11-8-,18-15-,19-16-,20-17-,26-24-,30-28-,37-34-. The predicted octanol–water partition coefficient (Wildman–Crippen LogP) is 15.6. The van der Waals surface area contributed by atoms with E-state index in [9.17, 15) is 14.4 Å². The Bertz CT molecular complexity index is 1170. The summed E-state index contributed by atoms with van der Waals surface area (Å²) in [5.41, 5.74) is 0. The number of rotatable bonds is 42. The van der Waals surface area contributed by atoms with E-state index in [-0.39, 0.29) is 37.5 Å². The molecule has 336 valence electrons. The first-order valence-corrected chi connectivity index (χ1v) is 24.1. The van der Waals surface area contributed by atoms with Crippen LogP contribution < -0.4 is 0 Å². The van der Waals surface area contributed by atoms with Crippen molar-refractivity contribution >= 4 is 17.9 Å². The lowest BCUT2D eigenvalue weighted by molar-refractivity contribution is -0.167. The van der Waals surface area contributed by atoms with E-state index >= 15 is 0 Å². The molecule has 0 N–H and O–H groups in total. The number of carbonyl (C=O) groups is 3. The lowest BCUT2D eigenvalue weighted by Gasteiger charge is -2.18. The van der Waals surface area contributed by atoms with Crippen LogP contribution in [0.3, 0.4) is 0 Å². The molecule has 0 aromatic heterocycles. The zero-order valence-electron chi connectivity index (χ0n) is 38.2. The van der Waals surface area contributed by atoms with Gasteiger partial charge in [-0.1, -0.05) is 176 Å². The minimum absolute atomic E-state index is 0.104. The molecule has 6 heteroatoms. The number of hydrogen-bond donors (Lipinski definition) is 0. The maximum Gasteiger partial charge on any atom is 0.306 e. The quantitative estimate of drug-likeness (QED) is 0.0264. The van der Waals surface area contributed by atoms with Crippen LogP contribution in [-0.2, 0) is 28.6 Å². The van der Waals surface area contributed by atoms with Crippen molar-refractivity contribution in [2.24, 2.45) is 0 Å². The highest BCUT2D eigenvalue weighted by Crippen LogP contribution is 2.13. The minimum Gasteiger partial charge on any atom is -0.462 e. The highest BCUT2D eigenvalue weighted by molar-refractivity contribution is 5.71. The number of hydrogen-bond acceptors (Lipinski definition) is 6. The summed E-state index contributed by atoms with van der Waals surface area (Å²) in [4.78, 5) is 37.8. The molecule has 0 spiro atoms. The first kappa shape index (κ1) is 55.6. The summed E-state index contributed by atoms with van der Waals surface area (Å²) in [5, 5.41) is 0. The molecule has 1 atom stereocenters. The third-order valence-electron chi connectivity index (χ3n) is 9.85. The van der Waals surface area contributed by atoms with Crippen molar-refractivity contribution in [2.75, 3.05) is 13.2 Å². The molecule has 0 aromatic rings. The van der Waals surface area contributed by atoms with Gasteiger partial charge in [-0.05, 0) is 103 Å². The summed E-state index contributed by atoms with van der Waals surface area (Å²) in [6.07, 6.45) is 60.0. The molecule has 0 aliphatic heterocycles. The average Bonchev–Trinajstić information content (AvgIpc) is 3.23. The van der Waals surface area contributed by atoms with Crippen molar-refractivity contribution in [3.63, 3.8) is 0 Å². The Morgan fingerprint density at radius 3 is 1.17 bits per heavy atom. The average molecular weight is 821 g/mol. The predicted molar refractivity (Wildman–Crippen MR) is 251 cm³/mol. The Morgan fingerprint density at radius 1 is 0.356 bits per heavy atom. The van der Waals surface area contributed by atoms with Gasteiger partial charge in [0.15, 0.2) is 6.10 Å². The fraction of sp³-hybridized carbons (Fsp3) is 0.679. The molecule has 6 nitrogen and oxygen atoms in total. The zero-order chi connectivity index (χ0) is 43.0. The smallest absolute Gasteiger partial charge is 0.306 e. The van der Waals surface area contributed by atoms with Crippen LogP contribution in [0, 0.1) is 0 Å². The number of esters is 3. The van der Waals surface area contributed by atoms with Crippen molar-refractivity contribution < 1.29 is 28.6 Å². The molecule has 59 heavy (non-hydrogen) atoms. The number of ether oxygens (including phenoxy) is 3. The summed E-state index contributed by atoms with van der Waals surface area (Å²) < 4.78 is 16.7. The Balaban J connectivity index is 4.48. The lowest BCUT2D eigenvalue weighted by Crippen LogP contribution is -2.30. The van der Waals surface area contributed by atoms with Crippen LogP contribution in [0.25, 0.3) is 0 Å². The second kappa shape index (κ2) is 47.3. The fourth-order valence-electron chi connectivity index (χ4n) is 6.22. The normalized spacial score (nSPS) is 12.8. The molecule has 1 unspecified atom stereocenters. The Hall–Kier alpha value is -3.41. The summed E-state index contributed by atoms with van der Waals surface area (Å²) in [6, 6.07) is 0. The maximum absolute atomic E-state index is 12.7. The highest BCUT2D eigenvalue weighted by Gasteiger charge is 2.19. The van der Waals surface area contributed by atoms with E-state index in [2.05, 4.69) is 106 Å². The molecule has 0 bridgehead atoms.